The molecule has 0 radical (unpaired) electrons. The van der Waals surface area contributed by atoms with Crippen LogP contribution in [-0.4, -0.2) is 24.2 Å². The maximum atomic E-state index is 12.9. The third-order valence-electron chi connectivity index (χ3n) is 3.25. The molecule has 0 aliphatic carbocycles. The summed E-state index contributed by atoms with van der Waals surface area (Å²) in [6.07, 6.45) is 0. The number of amides is 1. The van der Waals surface area contributed by atoms with E-state index in [4.69, 9.17) is 16.3 Å². The third-order valence-corrected chi connectivity index (χ3v) is 4.71. The van der Waals surface area contributed by atoms with Gasteiger partial charge in [0.05, 0.1) is 16.5 Å². The maximum absolute atomic E-state index is 12.9. The van der Waals surface area contributed by atoms with Crippen LogP contribution in [0.15, 0.2) is 41.3 Å². The Labute approximate surface area is 154 Å². The summed E-state index contributed by atoms with van der Waals surface area (Å²) >= 11 is 7.17. The molecule has 2 rings (SSSR count). The van der Waals surface area contributed by atoms with Crippen LogP contribution in [0.5, 0.6) is 0 Å². The van der Waals surface area contributed by atoms with Crippen molar-refractivity contribution in [3.05, 3.63) is 58.4 Å². The van der Waals surface area contributed by atoms with Gasteiger partial charge in [0.2, 0.25) is 0 Å². The molecule has 0 fully saturated rings. The molecule has 132 valence electrons. The van der Waals surface area contributed by atoms with Gasteiger partial charge in [0.1, 0.15) is 5.82 Å². The van der Waals surface area contributed by atoms with Gasteiger partial charge in [-0.2, -0.15) is 0 Å². The zero-order chi connectivity index (χ0) is 18.4. The number of carbonyl (C=O) groups is 2. The SMILES string of the molecule is Cc1ccc(SCC(=O)OCC(=O)Nc2ccc(F)cc2Cl)c(C)c1. The Bertz CT molecular complexity index is 798. The van der Waals surface area contributed by atoms with Crippen LogP contribution >= 0.6 is 23.4 Å². The average Bonchev–Trinajstić information content (AvgIpc) is 2.55. The molecule has 0 aliphatic heterocycles. The van der Waals surface area contributed by atoms with Crippen LogP contribution in [0.3, 0.4) is 0 Å². The molecular weight excluding hydrogens is 365 g/mol. The van der Waals surface area contributed by atoms with Crippen LogP contribution in [0.2, 0.25) is 5.02 Å². The van der Waals surface area contributed by atoms with E-state index in [2.05, 4.69) is 5.32 Å². The fourth-order valence-corrected chi connectivity index (χ4v) is 3.08. The lowest BCUT2D eigenvalue weighted by Crippen LogP contribution is -2.21. The molecule has 0 saturated heterocycles. The molecule has 25 heavy (non-hydrogen) atoms. The predicted molar refractivity (Wildman–Crippen MR) is 97.6 cm³/mol. The normalized spacial score (nSPS) is 10.4. The Morgan fingerprint density at radius 2 is 1.96 bits per heavy atom. The number of hydrogen-bond donors (Lipinski definition) is 1. The number of nitrogens with one attached hydrogen (secondary N) is 1. The van der Waals surface area contributed by atoms with Gasteiger partial charge in [-0.15, -0.1) is 11.8 Å². The lowest BCUT2D eigenvalue weighted by molar-refractivity contribution is -0.144. The Morgan fingerprint density at radius 1 is 1.20 bits per heavy atom. The molecular formula is C18H17ClFNO3S. The van der Waals surface area contributed by atoms with Gasteiger partial charge in [0, 0.05) is 4.90 Å². The van der Waals surface area contributed by atoms with Crippen molar-refractivity contribution in [3.8, 4) is 0 Å². The number of aryl methyl sites for hydroxylation is 2. The van der Waals surface area contributed by atoms with Gasteiger partial charge in [-0.25, -0.2) is 4.39 Å². The van der Waals surface area contributed by atoms with Crippen molar-refractivity contribution in [2.75, 3.05) is 17.7 Å². The predicted octanol–water partition coefficient (Wildman–Crippen LogP) is 4.37. The molecule has 1 amide bonds. The van der Waals surface area contributed by atoms with Gasteiger partial charge < -0.3 is 10.1 Å². The zero-order valence-electron chi connectivity index (χ0n) is 13.8. The van der Waals surface area contributed by atoms with Crippen LogP contribution in [0.4, 0.5) is 10.1 Å². The second-order valence-electron chi connectivity index (χ2n) is 5.39. The topological polar surface area (TPSA) is 55.4 Å². The molecule has 0 unspecified atom stereocenters. The van der Waals surface area contributed by atoms with Gasteiger partial charge >= 0.3 is 5.97 Å². The quantitative estimate of drug-likeness (QED) is 0.596. The van der Waals surface area contributed by atoms with Crippen molar-refractivity contribution in [3.63, 3.8) is 0 Å². The highest BCUT2D eigenvalue weighted by Gasteiger charge is 2.11. The second kappa shape index (κ2) is 8.87. The smallest absolute Gasteiger partial charge is 0.316 e. The first-order valence-corrected chi connectivity index (χ1v) is 8.82. The van der Waals surface area contributed by atoms with Crippen LogP contribution in [0, 0.1) is 19.7 Å². The highest BCUT2D eigenvalue weighted by molar-refractivity contribution is 8.00. The summed E-state index contributed by atoms with van der Waals surface area (Å²) < 4.78 is 17.9. The molecule has 0 saturated carbocycles. The zero-order valence-corrected chi connectivity index (χ0v) is 15.3. The van der Waals surface area contributed by atoms with Crippen LogP contribution < -0.4 is 5.32 Å². The minimum atomic E-state index is -0.543. The fourth-order valence-electron chi connectivity index (χ4n) is 2.06. The van der Waals surface area contributed by atoms with Gasteiger partial charge in [-0.3, -0.25) is 9.59 Å². The monoisotopic (exact) mass is 381 g/mol. The van der Waals surface area contributed by atoms with Crippen molar-refractivity contribution in [1.82, 2.24) is 0 Å². The Kier molecular flexibility index (Phi) is 6.84. The molecule has 1 N–H and O–H groups in total. The minimum Gasteiger partial charge on any atom is -0.455 e. The summed E-state index contributed by atoms with van der Waals surface area (Å²) in [6.45, 7) is 3.54. The van der Waals surface area contributed by atoms with Gasteiger partial charge in [0.25, 0.3) is 5.91 Å². The highest BCUT2D eigenvalue weighted by atomic mass is 35.5. The number of ether oxygens (including phenoxy) is 1. The van der Waals surface area contributed by atoms with E-state index in [-0.39, 0.29) is 16.5 Å². The van der Waals surface area contributed by atoms with E-state index >= 15 is 0 Å². The molecule has 7 heteroatoms. The molecule has 0 bridgehead atoms. The number of anilines is 1. The summed E-state index contributed by atoms with van der Waals surface area (Å²) in [5, 5.41) is 2.53. The van der Waals surface area contributed by atoms with Crippen LogP contribution in [0.25, 0.3) is 0 Å². The lowest BCUT2D eigenvalue weighted by Gasteiger charge is -2.09. The maximum Gasteiger partial charge on any atom is 0.316 e. The summed E-state index contributed by atoms with van der Waals surface area (Å²) in [6, 6.07) is 9.56. The number of esters is 1. The van der Waals surface area contributed by atoms with E-state index in [1.807, 2.05) is 32.0 Å². The first-order chi connectivity index (χ1) is 11.8. The summed E-state index contributed by atoms with van der Waals surface area (Å²) in [7, 11) is 0. The molecule has 4 nitrogen and oxygen atoms in total. The van der Waals surface area contributed by atoms with E-state index in [1.54, 1.807) is 0 Å². The van der Waals surface area contributed by atoms with Crippen LogP contribution in [-0.2, 0) is 14.3 Å². The molecule has 0 aromatic heterocycles. The number of hydrogen-bond acceptors (Lipinski definition) is 4. The van der Waals surface area contributed by atoms with Gasteiger partial charge in [-0.05, 0) is 43.7 Å². The Hall–Kier alpha value is -2.05. The standard InChI is InChI=1S/C18H17ClFNO3S/c1-11-3-6-16(12(2)7-11)25-10-18(23)24-9-17(22)21-15-5-4-13(20)8-14(15)19/h3-8H,9-10H2,1-2H3,(H,21,22). The number of benzene rings is 2. The van der Waals surface area contributed by atoms with E-state index < -0.39 is 24.3 Å². The van der Waals surface area contributed by atoms with Crippen molar-refractivity contribution < 1.29 is 18.7 Å². The van der Waals surface area contributed by atoms with Crippen molar-refractivity contribution in [2.45, 2.75) is 18.7 Å². The van der Waals surface area contributed by atoms with Crippen molar-refractivity contribution >= 4 is 40.9 Å². The molecule has 0 aliphatic rings. The van der Waals surface area contributed by atoms with Crippen molar-refractivity contribution in [1.29, 1.82) is 0 Å². The van der Waals surface area contributed by atoms with E-state index in [0.717, 1.165) is 22.1 Å². The largest absolute Gasteiger partial charge is 0.455 e. The number of rotatable bonds is 6. The summed E-state index contributed by atoms with van der Waals surface area (Å²) in [4.78, 5) is 24.5. The second-order valence-corrected chi connectivity index (χ2v) is 6.82. The molecule has 0 spiro atoms. The van der Waals surface area contributed by atoms with E-state index in [1.165, 1.54) is 23.9 Å². The van der Waals surface area contributed by atoms with E-state index in [9.17, 15) is 14.0 Å². The number of halogens is 2. The third kappa shape index (κ3) is 6.07. The van der Waals surface area contributed by atoms with Crippen LogP contribution in [0.1, 0.15) is 11.1 Å². The molecule has 0 atom stereocenters. The first-order valence-electron chi connectivity index (χ1n) is 7.45. The average molecular weight is 382 g/mol. The molecule has 2 aromatic rings. The summed E-state index contributed by atoms with van der Waals surface area (Å²) in [5.41, 5.74) is 2.50. The van der Waals surface area contributed by atoms with Gasteiger partial charge in [-0.1, -0.05) is 29.3 Å². The first kappa shape index (κ1) is 19.3. The molecule has 2 aromatic carbocycles. The van der Waals surface area contributed by atoms with Gasteiger partial charge in [0.15, 0.2) is 6.61 Å². The van der Waals surface area contributed by atoms with Crippen molar-refractivity contribution in [2.24, 2.45) is 0 Å². The summed E-state index contributed by atoms with van der Waals surface area (Å²) in [5.74, 6) is -1.43. The fraction of sp³-hybridized carbons (Fsp3) is 0.222. The molecule has 0 heterocycles. The van der Waals surface area contributed by atoms with E-state index in [0.29, 0.717) is 0 Å². The number of thioether (sulfide) groups is 1. The number of carbonyl (C=O) groups excluding carboxylic acids is 2. The minimum absolute atomic E-state index is 0.0741. The Morgan fingerprint density at radius 3 is 2.64 bits per heavy atom. The lowest BCUT2D eigenvalue weighted by atomic mass is 10.2. The highest BCUT2D eigenvalue weighted by Crippen LogP contribution is 2.24. The Balaban J connectivity index is 1.78.